The number of rotatable bonds is 13. The Morgan fingerprint density at radius 1 is 0.433 bits per heavy atom. The second kappa shape index (κ2) is 15.1. The van der Waals surface area contributed by atoms with E-state index in [1.54, 1.807) is 0 Å². The molecule has 5 unspecified atom stereocenters. The summed E-state index contributed by atoms with van der Waals surface area (Å²) in [6.07, 6.45) is 35.6. The Morgan fingerprint density at radius 3 is 1.25 bits per heavy atom. The van der Waals surface area contributed by atoms with Gasteiger partial charge < -0.3 is 18.9 Å². The van der Waals surface area contributed by atoms with E-state index in [0.29, 0.717) is 11.8 Å². The van der Waals surface area contributed by atoms with Crippen molar-refractivity contribution >= 4 is 0 Å². The summed E-state index contributed by atoms with van der Waals surface area (Å²) in [5.41, 5.74) is 4.77. The fourth-order valence-corrected chi connectivity index (χ4v) is 15.7. The van der Waals surface area contributed by atoms with Gasteiger partial charge in [0.15, 0.2) is 0 Å². The quantitative estimate of drug-likeness (QED) is 0.126. The molecular weight excluding hydrogens is 737 g/mol. The smallest absolute Gasteiger partial charge is 0.148 e. The number of benzene rings is 4. The van der Waals surface area contributed by atoms with Gasteiger partial charge in [0.05, 0.1) is 0 Å². The lowest BCUT2D eigenvalue weighted by Crippen LogP contribution is -2.78. The fourth-order valence-electron chi connectivity index (χ4n) is 15.7. The van der Waals surface area contributed by atoms with Gasteiger partial charge in [-0.05, 0) is 181 Å². The minimum atomic E-state index is -0.459. The van der Waals surface area contributed by atoms with Gasteiger partial charge in [0.1, 0.15) is 49.4 Å². The number of hydrogen-bond acceptors (Lipinski definition) is 4. The molecule has 0 spiro atoms. The summed E-state index contributed by atoms with van der Waals surface area (Å²) >= 11 is 0. The predicted octanol–water partition coefficient (Wildman–Crippen LogP) is 10.8. The molecule has 8 fully saturated rings. The summed E-state index contributed by atoms with van der Waals surface area (Å²) in [5, 5.41) is 0. The third-order valence-corrected chi connectivity index (χ3v) is 16.4. The molecule has 8 saturated carbocycles. The van der Waals surface area contributed by atoms with E-state index in [9.17, 15) is 0 Å². The maximum atomic E-state index is 6.10. The first-order valence-corrected chi connectivity index (χ1v) is 22.1. The molecule has 0 N–H and O–H groups in total. The van der Waals surface area contributed by atoms with Crippen molar-refractivity contribution in [2.24, 2.45) is 40.4 Å². The lowest BCUT2D eigenvalue weighted by atomic mass is 9.21. The van der Waals surface area contributed by atoms with Crippen molar-refractivity contribution in [3.8, 4) is 72.4 Å². The highest BCUT2D eigenvalue weighted by atomic mass is 16.5. The van der Waals surface area contributed by atoms with E-state index in [1.165, 1.54) is 80.0 Å². The second-order valence-corrected chi connectivity index (χ2v) is 19.1. The number of terminal acetylenes is 4. The summed E-state index contributed by atoms with van der Waals surface area (Å²) in [4.78, 5) is 0. The van der Waals surface area contributed by atoms with Gasteiger partial charge in [-0.15, -0.1) is 25.7 Å². The molecule has 0 heterocycles. The first-order valence-electron chi connectivity index (χ1n) is 22.1. The average Bonchev–Trinajstić information content (AvgIpc) is 3.27. The largest absolute Gasteiger partial charge is 0.481 e. The molecule has 12 rings (SSSR count). The monoisotopic (exact) mass is 790 g/mol. The van der Waals surface area contributed by atoms with Crippen molar-refractivity contribution < 1.29 is 18.9 Å². The van der Waals surface area contributed by atoms with Gasteiger partial charge in [0, 0.05) is 10.8 Å². The van der Waals surface area contributed by atoms with Gasteiger partial charge in [0.25, 0.3) is 0 Å². The van der Waals surface area contributed by atoms with Crippen LogP contribution in [-0.4, -0.2) is 26.4 Å². The van der Waals surface area contributed by atoms with Crippen molar-refractivity contribution in [2.75, 3.05) is 26.4 Å². The Morgan fingerprint density at radius 2 is 0.833 bits per heavy atom. The predicted molar refractivity (Wildman–Crippen MR) is 237 cm³/mol. The minimum Gasteiger partial charge on any atom is -0.481 e. The lowest BCUT2D eigenvalue weighted by molar-refractivity contribution is -0.250. The Kier molecular flexibility index (Phi) is 9.69. The van der Waals surface area contributed by atoms with E-state index in [-0.39, 0.29) is 48.6 Å². The third-order valence-electron chi connectivity index (χ3n) is 16.4. The first-order chi connectivity index (χ1) is 29.4. The SMILES string of the molecule is C#CCOc1ccc(C2C3CC4CC2(c2ccc(OCC#C)cc2)C(c2ccc(OCC#C)cc2)(c2ccc(OCC#C)cc2)C(C25CC6CC(CC(C6)C2)C5)(C4)C3)cc1. The van der Waals surface area contributed by atoms with Crippen LogP contribution in [0.2, 0.25) is 0 Å². The van der Waals surface area contributed by atoms with Crippen LogP contribution in [0.3, 0.4) is 0 Å². The zero-order valence-corrected chi connectivity index (χ0v) is 34.5. The summed E-state index contributed by atoms with van der Waals surface area (Å²) in [6.45, 7) is 0.924. The highest BCUT2D eigenvalue weighted by Gasteiger charge is 2.81. The zero-order valence-electron chi connectivity index (χ0n) is 34.5. The van der Waals surface area contributed by atoms with Gasteiger partial charge >= 0.3 is 0 Å². The molecular formula is C56H54O4. The molecule has 4 aromatic rings. The molecule has 5 atom stereocenters. The molecule has 8 aliphatic carbocycles. The van der Waals surface area contributed by atoms with E-state index >= 15 is 0 Å². The van der Waals surface area contributed by atoms with E-state index in [2.05, 4.69) is 121 Å². The van der Waals surface area contributed by atoms with Crippen LogP contribution in [0.4, 0.5) is 0 Å². The van der Waals surface area contributed by atoms with Gasteiger partial charge in [-0.25, -0.2) is 0 Å². The van der Waals surface area contributed by atoms with Gasteiger partial charge in [-0.2, -0.15) is 0 Å². The molecule has 4 nitrogen and oxygen atoms in total. The highest BCUT2D eigenvalue weighted by molar-refractivity contribution is 5.60. The fraction of sp³-hybridized carbons (Fsp3) is 0.429. The van der Waals surface area contributed by atoms with Crippen molar-refractivity contribution in [2.45, 2.75) is 81.0 Å². The summed E-state index contributed by atoms with van der Waals surface area (Å²) in [6, 6.07) is 36.3. The summed E-state index contributed by atoms with van der Waals surface area (Å²) in [7, 11) is 0. The molecule has 0 aliphatic heterocycles. The van der Waals surface area contributed by atoms with Crippen molar-refractivity contribution in [3.63, 3.8) is 0 Å². The molecule has 302 valence electrons. The molecule has 0 radical (unpaired) electrons. The Bertz CT molecular complexity index is 2280. The number of hydrogen-bond donors (Lipinski definition) is 0. The van der Waals surface area contributed by atoms with Crippen LogP contribution in [0.5, 0.6) is 23.0 Å². The molecule has 0 amide bonds. The zero-order chi connectivity index (χ0) is 41.0. The maximum absolute atomic E-state index is 6.10. The molecule has 4 heteroatoms. The first kappa shape index (κ1) is 38.5. The molecule has 8 aliphatic rings. The van der Waals surface area contributed by atoms with E-state index < -0.39 is 5.41 Å². The van der Waals surface area contributed by atoms with Crippen LogP contribution in [0, 0.1) is 89.8 Å². The number of ether oxygens (including phenoxy) is 4. The Balaban J connectivity index is 1.30. The molecule has 4 aromatic carbocycles. The van der Waals surface area contributed by atoms with Crippen molar-refractivity contribution in [3.05, 3.63) is 119 Å². The van der Waals surface area contributed by atoms with E-state index in [1.807, 2.05) is 0 Å². The van der Waals surface area contributed by atoms with Crippen LogP contribution >= 0.6 is 0 Å². The van der Waals surface area contributed by atoms with E-state index in [4.69, 9.17) is 44.6 Å². The summed E-state index contributed by atoms with van der Waals surface area (Å²) < 4.78 is 24.2. The van der Waals surface area contributed by atoms with Crippen LogP contribution in [-0.2, 0) is 10.8 Å². The highest BCUT2D eigenvalue weighted by Crippen LogP contribution is 2.86. The minimum absolute atomic E-state index is 0.0325. The van der Waals surface area contributed by atoms with Crippen LogP contribution in [0.25, 0.3) is 0 Å². The van der Waals surface area contributed by atoms with Crippen molar-refractivity contribution in [1.82, 2.24) is 0 Å². The Hall–Kier alpha value is -5.68. The molecule has 60 heavy (non-hydrogen) atoms. The van der Waals surface area contributed by atoms with Crippen LogP contribution in [0.1, 0.15) is 92.4 Å². The maximum Gasteiger partial charge on any atom is 0.148 e. The average molecular weight is 791 g/mol. The molecule has 0 saturated heterocycles. The molecule has 8 bridgehead atoms. The van der Waals surface area contributed by atoms with Crippen LogP contribution in [0.15, 0.2) is 97.1 Å². The van der Waals surface area contributed by atoms with Crippen molar-refractivity contribution in [1.29, 1.82) is 0 Å². The second-order valence-electron chi connectivity index (χ2n) is 19.1. The standard InChI is InChI=1S/C56H54O4/c1-5-25-57-48-17-9-43(10-18-48)52-44-32-42-36-54(38-44,53-33-39-29-40(34-53)31-41(30-39)35-53)56(46-13-21-50(22-14-46)59-27-7-3,47-15-23-51(24-16-47)60-28-8-4)55(52,37-42)45-11-19-49(20-12-45)58-26-6-2/h1-4,9-24,39-42,44,52H,25-38H2. The van der Waals surface area contributed by atoms with E-state index in [0.717, 1.165) is 47.2 Å². The normalized spacial score (nSPS) is 32.2. The topological polar surface area (TPSA) is 36.9 Å². The lowest BCUT2D eigenvalue weighted by Gasteiger charge is -2.81. The van der Waals surface area contributed by atoms with Gasteiger partial charge in [-0.1, -0.05) is 72.2 Å². The van der Waals surface area contributed by atoms with Gasteiger partial charge in [0.2, 0.25) is 0 Å². The third kappa shape index (κ3) is 5.71. The summed E-state index contributed by atoms with van der Waals surface area (Å²) in [5.74, 6) is 17.5. The molecule has 0 aromatic heterocycles. The Labute approximate surface area is 357 Å². The van der Waals surface area contributed by atoms with Crippen LogP contribution < -0.4 is 18.9 Å². The van der Waals surface area contributed by atoms with Gasteiger partial charge in [-0.3, -0.25) is 0 Å².